The second-order valence-corrected chi connectivity index (χ2v) is 22.4. The molecule has 1 saturated heterocycles. The van der Waals surface area contributed by atoms with E-state index in [4.69, 9.17) is 5.11 Å². The third kappa shape index (κ3) is 28.5. The van der Waals surface area contributed by atoms with Gasteiger partial charge >= 0.3 is 41.8 Å². The van der Waals surface area contributed by atoms with E-state index in [0.717, 1.165) is 16.3 Å². The zero-order chi connectivity index (χ0) is 63.8. The fourth-order valence-electron chi connectivity index (χ4n) is 10.6. The number of hydrogen-bond donors (Lipinski definition) is 12. The Kier molecular flexibility index (Phi) is 31.6. The van der Waals surface area contributed by atoms with Gasteiger partial charge in [-0.1, -0.05) is 62.2 Å². The lowest BCUT2D eigenvalue weighted by Gasteiger charge is -2.33. The number of carboxylic acids is 6. The summed E-state index contributed by atoms with van der Waals surface area (Å²) in [7, 11) is 0. The zero-order valence-corrected chi connectivity index (χ0v) is 49.6. The molecule has 1 heterocycles. The van der Waals surface area contributed by atoms with Gasteiger partial charge in [0.2, 0.25) is 23.6 Å². The van der Waals surface area contributed by atoms with Gasteiger partial charge in [-0.25, -0.2) is 14.4 Å². The van der Waals surface area contributed by atoms with Crippen LogP contribution in [0.2, 0.25) is 0 Å². The minimum absolute atomic E-state index is 0.0251. The highest BCUT2D eigenvalue weighted by Crippen LogP contribution is 2.29. The van der Waals surface area contributed by atoms with Gasteiger partial charge in [-0.2, -0.15) is 0 Å². The average Bonchev–Trinajstić information content (AvgIpc) is 2.51. The maximum Gasteiger partial charge on any atom is 0.326 e. The number of urea groups is 1. The Morgan fingerprint density at radius 3 is 1.53 bits per heavy atom. The number of rotatable bonds is 36. The number of carbonyl (C=O) groups is 12. The van der Waals surface area contributed by atoms with Crippen molar-refractivity contribution >= 4 is 82.0 Å². The molecule has 28 heteroatoms. The van der Waals surface area contributed by atoms with Gasteiger partial charge in [-0.15, -0.1) is 0 Å². The van der Waals surface area contributed by atoms with E-state index in [2.05, 4.69) is 31.9 Å². The van der Waals surface area contributed by atoms with Crippen LogP contribution in [0, 0.1) is 11.8 Å². The first-order valence-corrected chi connectivity index (χ1v) is 29.9. The number of nitrogens with zero attached hydrogens (tertiary/aromatic N) is 4. The molecule has 12 N–H and O–H groups in total. The molecular formula is C59H88N10O18. The van der Waals surface area contributed by atoms with Crippen molar-refractivity contribution in [3.8, 4) is 0 Å². The fraction of sp³-hybridized carbons (Fsp3) is 0.627. The Morgan fingerprint density at radius 1 is 0.494 bits per heavy atom. The van der Waals surface area contributed by atoms with Crippen LogP contribution in [0.4, 0.5) is 4.79 Å². The fourth-order valence-corrected chi connectivity index (χ4v) is 10.6. The van der Waals surface area contributed by atoms with E-state index < -0.39 is 102 Å². The number of Topliss-reactive ketones (excluding diaryl/α,β-unsaturated/α-hetero) is 1. The SMILES string of the molecule is CCC(=O)CCCCCC(NC(=O)CN1CCN(CC(=O)O)CCN(CC(=O)O)CCN(CC(=O)O)CC1)C(=O)NCC1CCC(C(=O)NC(Cc2ccc3ccccc3c2)C(=O)NCCCCC(NC(=O)NC(CCC(=O)O)C(=O)O)C(=O)O)CC1. The first kappa shape index (κ1) is 71.7. The number of amides is 6. The third-order valence-corrected chi connectivity index (χ3v) is 15.6. The molecule has 4 rings (SSSR count). The van der Waals surface area contributed by atoms with Crippen molar-refractivity contribution in [2.45, 2.75) is 134 Å². The van der Waals surface area contributed by atoms with Crippen LogP contribution in [0.5, 0.6) is 0 Å². The van der Waals surface area contributed by atoms with Crippen LogP contribution < -0.4 is 31.9 Å². The van der Waals surface area contributed by atoms with Gasteiger partial charge in [0.15, 0.2) is 0 Å². The van der Waals surface area contributed by atoms with Crippen LogP contribution in [-0.2, 0) is 59.2 Å². The van der Waals surface area contributed by atoms with Gasteiger partial charge in [0.1, 0.15) is 30.0 Å². The van der Waals surface area contributed by atoms with E-state index in [1.165, 1.54) is 0 Å². The summed E-state index contributed by atoms with van der Waals surface area (Å²) >= 11 is 0. The predicted molar refractivity (Wildman–Crippen MR) is 315 cm³/mol. The van der Waals surface area contributed by atoms with Crippen molar-refractivity contribution < 1.29 is 88.2 Å². The highest BCUT2D eigenvalue weighted by molar-refractivity contribution is 5.90. The molecule has 2 fully saturated rings. The number of carboxylic acid groups (broad SMARTS) is 6. The molecule has 1 aliphatic carbocycles. The Balaban J connectivity index is 1.37. The molecule has 2 aromatic rings. The number of aliphatic carboxylic acids is 6. The van der Waals surface area contributed by atoms with Gasteiger partial charge < -0.3 is 62.5 Å². The highest BCUT2D eigenvalue weighted by atomic mass is 16.4. The number of ketones is 1. The number of hydrogen-bond acceptors (Lipinski definition) is 16. The van der Waals surface area contributed by atoms with Gasteiger partial charge in [0, 0.05) is 97.0 Å². The van der Waals surface area contributed by atoms with E-state index in [1.54, 1.807) is 26.5 Å². The summed E-state index contributed by atoms with van der Waals surface area (Å²) in [4.78, 5) is 157. The molecule has 6 amide bonds. The van der Waals surface area contributed by atoms with E-state index in [-0.39, 0.29) is 141 Å². The molecule has 2 aromatic carbocycles. The third-order valence-electron chi connectivity index (χ3n) is 15.6. The van der Waals surface area contributed by atoms with E-state index >= 15 is 0 Å². The standard InChI is InChI=1S/C59H88N10O18/c1-2-44(70)12-4-3-5-13-45(62-49(71)35-66-24-26-67(36-51(74)75)28-30-69(38-53(78)79)31-29-68(27-25-66)37-52(76)77)55(81)61-34-39-15-19-42(20-16-39)54(80)63-48(33-40-17-18-41-10-6-7-11-43(41)32-40)56(82)60-23-9-8-14-46(57(83)84)64-59(87)65-47(58(85)86)21-22-50(72)73/h6-7,10-11,17-18,32,39,42,45-48H,2-5,8-9,12-16,19-31,33-38H2,1H3,(H,60,82)(H,61,81)(H,62,71)(H,63,80)(H,72,73)(H,74,75)(H,76,77)(H,78,79)(H,83,84)(H,85,86)(H2,64,65,87). The molecule has 482 valence electrons. The average molecular weight is 1230 g/mol. The van der Waals surface area contributed by atoms with E-state index in [1.807, 2.05) is 42.5 Å². The minimum atomic E-state index is -1.57. The van der Waals surface area contributed by atoms with Crippen molar-refractivity contribution in [1.29, 1.82) is 0 Å². The Hall–Kier alpha value is -7.82. The lowest BCUT2D eigenvalue weighted by atomic mass is 9.81. The lowest BCUT2D eigenvalue weighted by molar-refractivity contribution is -0.141. The van der Waals surface area contributed by atoms with Crippen molar-refractivity contribution in [2.24, 2.45) is 11.8 Å². The molecule has 1 aliphatic heterocycles. The Morgan fingerprint density at radius 2 is 1.00 bits per heavy atom. The first-order chi connectivity index (χ1) is 41.5. The monoisotopic (exact) mass is 1220 g/mol. The van der Waals surface area contributed by atoms with Crippen LogP contribution in [0.25, 0.3) is 10.8 Å². The van der Waals surface area contributed by atoms with Crippen LogP contribution >= 0.6 is 0 Å². The maximum atomic E-state index is 14.0. The number of benzene rings is 2. The predicted octanol–water partition coefficient (Wildman–Crippen LogP) is 1.04. The molecule has 0 aromatic heterocycles. The summed E-state index contributed by atoms with van der Waals surface area (Å²) in [6.45, 7) is 2.55. The Bertz CT molecular complexity index is 2620. The van der Waals surface area contributed by atoms with Crippen LogP contribution in [0.3, 0.4) is 0 Å². The van der Waals surface area contributed by atoms with Crippen molar-refractivity contribution in [1.82, 2.24) is 51.5 Å². The zero-order valence-electron chi connectivity index (χ0n) is 49.6. The quantitative estimate of drug-likeness (QED) is 0.0424. The summed E-state index contributed by atoms with van der Waals surface area (Å²) in [5.41, 5.74) is 0.785. The molecular weight excluding hydrogens is 1140 g/mol. The number of fused-ring (bicyclic) bond motifs is 1. The molecule has 0 bridgehead atoms. The second-order valence-electron chi connectivity index (χ2n) is 22.4. The molecule has 1 saturated carbocycles. The summed E-state index contributed by atoms with van der Waals surface area (Å²) in [6.07, 6.45) is 4.45. The van der Waals surface area contributed by atoms with Crippen LogP contribution in [0.1, 0.15) is 109 Å². The number of nitrogens with one attached hydrogen (secondary N) is 6. The minimum Gasteiger partial charge on any atom is -0.481 e. The van der Waals surface area contributed by atoms with Gasteiger partial charge in [0.05, 0.1) is 26.2 Å². The maximum absolute atomic E-state index is 14.0. The molecule has 4 atom stereocenters. The van der Waals surface area contributed by atoms with Gasteiger partial charge in [-0.3, -0.25) is 62.8 Å². The van der Waals surface area contributed by atoms with Crippen LogP contribution in [-0.4, -0.2) is 237 Å². The normalized spacial score (nSPS) is 18.0. The van der Waals surface area contributed by atoms with Crippen molar-refractivity contribution in [2.75, 3.05) is 91.6 Å². The topological polar surface area (TPSA) is 411 Å². The molecule has 4 unspecified atom stereocenters. The summed E-state index contributed by atoms with van der Waals surface area (Å²) in [6, 6.07) is 7.36. The number of carbonyl (C=O) groups excluding carboxylic acids is 6. The smallest absolute Gasteiger partial charge is 0.326 e. The summed E-state index contributed by atoms with van der Waals surface area (Å²) in [5.74, 6) is -9.49. The highest BCUT2D eigenvalue weighted by Gasteiger charge is 2.32. The Labute approximate surface area is 505 Å². The summed E-state index contributed by atoms with van der Waals surface area (Å²) < 4.78 is 0. The largest absolute Gasteiger partial charge is 0.481 e. The lowest BCUT2D eigenvalue weighted by Crippen LogP contribution is -2.52. The van der Waals surface area contributed by atoms with Gasteiger partial charge in [-0.05, 0) is 86.5 Å². The van der Waals surface area contributed by atoms with Gasteiger partial charge in [0.25, 0.3) is 0 Å². The van der Waals surface area contributed by atoms with Crippen LogP contribution in [0.15, 0.2) is 42.5 Å². The molecule has 87 heavy (non-hydrogen) atoms. The molecule has 28 nitrogen and oxygen atoms in total. The summed E-state index contributed by atoms with van der Waals surface area (Å²) in [5, 5.41) is 74.7. The molecule has 2 aliphatic rings. The molecule has 0 radical (unpaired) electrons. The van der Waals surface area contributed by atoms with Crippen molar-refractivity contribution in [3.63, 3.8) is 0 Å². The molecule has 0 spiro atoms. The second kappa shape index (κ2) is 38.4. The number of unbranched alkanes of at least 4 members (excludes halogenated alkanes) is 3. The first-order valence-electron chi connectivity index (χ1n) is 29.9. The van der Waals surface area contributed by atoms with Crippen molar-refractivity contribution in [3.05, 3.63) is 48.0 Å². The van der Waals surface area contributed by atoms with E-state index in [9.17, 15) is 83.1 Å². The van der Waals surface area contributed by atoms with E-state index in [0.29, 0.717) is 57.8 Å².